The molecule has 6 nitrogen and oxygen atoms in total. The minimum Gasteiger partial charge on any atom is -0.497 e. The third-order valence-electron chi connectivity index (χ3n) is 3.29. The van der Waals surface area contributed by atoms with Crippen molar-refractivity contribution in [1.29, 1.82) is 0 Å². The Bertz CT molecular complexity index is 699. The van der Waals surface area contributed by atoms with Crippen molar-refractivity contribution in [3.63, 3.8) is 0 Å². The van der Waals surface area contributed by atoms with Crippen molar-refractivity contribution in [1.82, 2.24) is 0 Å². The molecule has 0 radical (unpaired) electrons. The zero-order valence-electron chi connectivity index (χ0n) is 13.5. The smallest absolute Gasteiger partial charge is 0.259 e. The summed E-state index contributed by atoms with van der Waals surface area (Å²) in [4.78, 5) is 12.5. The molecular weight excluding hydrogens is 298 g/mol. The highest BCUT2D eigenvalue weighted by molar-refractivity contribution is 6.06. The van der Waals surface area contributed by atoms with Crippen LogP contribution in [-0.2, 0) is 0 Å². The number of carbonyl (C=O) groups excluding carboxylic acids is 1. The van der Waals surface area contributed by atoms with Crippen molar-refractivity contribution in [3.8, 4) is 23.0 Å². The molecule has 0 aliphatic carbocycles. The SMILES string of the molecule is COc1ccc(OC)c(C(=O)Nc2ccc(OC)c(OC)c2)c1. The van der Waals surface area contributed by atoms with Crippen molar-refractivity contribution in [2.45, 2.75) is 0 Å². The molecule has 0 aliphatic heterocycles. The Kier molecular flexibility index (Phi) is 5.30. The van der Waals surface area contributed by atoms with E-state index < -0.39 is 0 Å². The lowest BCUT2D eigenvalue weighted by Crippen LogP contribution is -2.13. The monoisotopic (exact) mass is 317 g/mol. The first-order chi connectivity index (χ1) is 11.1. The van der Waals surface area contributed by atoms with Gasteiger partial charge in [0.05, 0.1) is 34.0 Å². The third-order valence-corrected chi connectivity index (χ3v) is 3.29. The van der Waals surface area contributed by atoms with E-state index in [1.807, 2.05) is 0 Å². The maximum absolute atomic E-state index is 12.5. The number of benzene rings is 2. The maximum atomic E-state index is 12.5. The van der Waals surface area contributed by atoms with Gasteiger partial charge in [-0.05, 0) is 30.3 Å². The average molecular weight is 317 g/mol. The van der Waals surface area contributed by atoms with Gasteiger partial charge in [0.15, 0.2) is 11.5 Å². The lowest BCUT2D eigenvalue weighted by atomic mass is 10.1. The molecule has 0 aliphatic rings. The van der Waals surface area contributed by atoms with E-state index in [9.17, 15) is 4.79 Å². The van der Waals surface area contributed by atoms with Gasteiger partial charge in [0.1, 0.15) is 11.5 Å². The molecule has 2 aromatic carbocycles. The molecule has 1 amide bonds. The zero-order chi connectivity index (χ0) is 16.8. The molecule has 0 bridgehead atoms. The molecule has 122 valence electrons. The molecule has 1 N–H and O–H groups in total. The van der Waals surface area contributed by atoms with Crippen LogP contribution >= 0.6 is 0 Å². The summed E-state index contributed by atoms with van der Waals surface area (Å²) < 4.78 is 20.8. The number of hydrogen-bond donors (Lipinski definition) is 1. The predicted octanol–water partition coefficient (Wildman–Crippen LogP) is 2.97. The van der Waals surface area contributed by atoms with Crippen LogP contribution in [-0.4, -0.2) is 34.3 Å². The van der Waals surface area contributed by atoms with Crippen LogP contribution in [0.25, 0.3) is 0 Å². The first-order valence-corrected chi connectivity index (χ1v) is 6.88. The first-order valence-electron chi connectivity index (χ1n) is 6.88. The minimum atomic E-state index is -0.312. The average Bonchev–Trinajstić information content (AvgIpc) is 2.60. The van der Waals surface area contributed by atoms with Crippen LogP contribution in [0.3, 0.4) is 0 Å². The molecule has 0 spiro atoms. The number of ether oxygens (including phenoxy) is 4. The van der Waals surface area contributed by atoms with E-state index in [4.69, 9.17) is 18.9 Å². The van der Waals surface area contributed by atoms with Crippen LogP contribution in [0.15, 0.2) is 36.4 Å². The number of anilines is 1. The largest absolute Gasteiger partial charge is 0.497 e. The number of rotatable bonds is 6. The van der Waals surface area contributed by atoms with Crippen LogP contribution in [0.5, 0.6) is 23.0 Å². The number of methoxy groups -OCH3 is 4. The molecule has 0 aromatic heterocycles. The van der Waals surface area contributed by atoms with E-state index in [1.54, 1.807) is 43.5 Å². The normalized spacial score (nSPS) is 9.91. The molecule has 0 unspecified atom stereocenters. The Labute approximate surface area is 134 Å². The van der Waals surface area contributed by atoms with Gasteiger partial charge in [0.2, 0.25) is 0 Å². The molecule has 0 fully saturated rings. The fourth-order valence-corrected chi connectivity index (χ4v) is 2.10. The van der Waals surface area contributed by atoms with Gasteiger partial charge in [-0.2, -0.15) is 0 Å². The van der Waals surface area contributed by atoms with E-state index in [1.165, 1.54) is 21.3 Å². The van der Waals surface area contributed by atoms with Gasteiger partial charge < -0.3 is 24.3 Å². The molecule has 2 rings (SSSR count). The van der Waals surface area contributed by atoms with Gasteiger partial charge in [-0.3, -0.25) is 4.79 Å². The fraction of sp³-hybridized carbons (Fsp3) is 0.235. The summed E-state index contributed by atoms with van der Waals surface area (Å²) in [7, 11) is 6.14. The molecule has 2 aromatic rings. The Morgan fingerprint density at radius 3 is 2.04 bits per heavy atom. The minimum absolute atomic E-state index is 0.312. The van der Waals surface area contributed by atoms with E-state index in [-0.39, 0.29) is 5.91 Å². The number of carbonyl (C=O) groups is 1. The molecule has 6 heteroatoms. The highest BCUT2D eigenvalue weighted by Crippen LogP contribution is 2.31. The lowest BCUT2D eigenvalue weighted by molar-refractivity contribution is 0.102. The van der Waals surface area contributed by atoms with Gasteiger partial charge >= 0.3 is 0 Å². The summed E-state index contributed by atoms with van der Waals surface area (Å²) in [5, 5.41) is 2.80. The molecule has 0 saturated carbocycles. The summed E-state index contributed by atoms with van der Waals surface area (Å²) in [6, 6.07) is 10.2. The number of hydrogen-bond acceptors (Lipinski definition) is 5. The second-order valence-corrected chi connectivity index (χ2v) is 4.59. The number of nitrogens with one attached hydrogen (secondary N) is 1. The maximum Gasteiger partial charge on any atom is 0.259 e. The van der Waals surface area contributed by atoms with Crippen LogP contribution in [0, 0.1) is 0 Å². The van der Waals surface area contributed by atoms with Gasteiger partial charge in [-0.15, -0.1) is 0 Å². The Morgan fingerprint density at radius 1 is 0.783 bits per heavy atom. The summed E-state index contributed by atoms with van der Waals surface area (Å²) in [6.45, 7) is 0. The van der Waals surface area contributed by atoms with Crippen LogP contribution in [0.1, 0.15) is 10.4 Å². The standard InChI is InChI=1S/C17H19NO5/c1-20-12-6-8-14(21-2)13(10-12)17(19)18-11-5-7-15(22-3)16(9-11)23-4/h5-10H,1-4H3,(H,18,19). The number of amides is 1. The van der Waals surface area contributed by atoms with Gasteiger partial charge in [-0.25, -0.2) is 0 Å². The Morgan fingerprint density at radius 2 is 1.43 bits per heavy atom. The molecule has 0 saturated heterocycles. The second kappa shape index (κ2) is 7.40. The van der Waals surface area contributed by atoms with Crippen LogP contribution < -0.4 is 24.3 Å². The van der Waals surface area contributed by atoms with Crippen LogP contribution in [0.4, 0.5) is 5.69 Å². The van der Waals surface area contributed by atoms with Crippen molar-refractivity contribution in [3.05, 3.63) is 42.0 Å². The van der Waals surface area contributed by atoms with E-state index >= 15 is 0 Å². The summed E-state index contributed by atoms with van der Waals surface area (Å²) in [6.07, 6.45) is 0. The Hall–Kier alpha value is -2.89. The Balaban J connectivity index is 2.28. The van der Waals surface area contributed by atoms with Gasteiger partial charge in [0, 0.05) is 11.8 Å². The van der Waals surface area contributed by atoms with E-state index in [0.717, 1.165) is 0 Å². The fourth-order valence-electron chi connectivity index (χ4n) is 2.10. The van der Waals surface area contributed by atoms with E-state index in [2.05, 4.69) is 5.32 Å². The van der Waals surface area contributed by atoms with Gasteiger partial charge in [0.25, 0.3) is 5.91 Å². The lowest BCUT2D eigenvalue weighted by Gasteiger charge is -2.13. The topological polar surface area (TPSA) is 66.0 Å². The van der Waals surface area contributed by atoms with Crippen LogP contribution in [0.2, 0.25) is 0 Å². The van der Waals surface area contributed by atoms with Crippen molar-refractivity contribution in [2.75, 3.05) is 33.8 Å². The summed E-state index contributed by atoms with van der Waals surface area (Å²) >= 11 is 0. The van der Waals surface area contributed by atoms with Crippen molar-refractivity contribution in [2.24, 2.45) is 0 Å². The van der Waals surface area contributed by atoms with E-state index in [0.29, 0.717) is 34.2 Å². The van der Waals surface area contributed by atoms with Gasteiger partial charge in [-0.1, -0.05) is 0 Å². The second-order valence-electron chi connectivity index (χ2n) is 4.59. The highest BCUT2D eigenvalue weighted by atomic mass is 16.5. The van der Waals surface area contributed by atoms with Crippen molar-refractivity contribution >= 4 is 11.6 Å². The predicted molar refractivity (Wildman–Crippen MR) is 87.0 cm³/mol. The highest BCUT2D eigenvalue weighted by Gasteiger charge is 2.15. The molecule has 23 heavy (non-hydrogen) atoms. The third kappa shape index (κ3) is 3.66. The molecular formula is C17H19NO5. The molecule has 0 heterocycles. The molecule has 0 atom stereocenters. The summed E-state index contributed by atoms with van der Waals surface area (Å²) in [5.41, 5.74) is 0.958. The summed E-state index contributed by atoms with van der Waals surface area (Å²) in [5.74, 6) is 1.84. The first kappa shape index (κ1) is 16.5. The quantitative estimate of drug-likeness (QED) is 0.887. The zero-order valence-corrected chi connectivity index (χ0v) is 13.5. The van der Waals surface area contributed by atoms with Crippen molar-refractivity contribution < 1.29 is 23.7 Å².